The monoisotopic (exact) mass is 228 g/mol. The molecule has 0 aromatic carbocycles. The third-order valence-corrected chi connectivity index (χ3v) is 3.14. The van der Waals surface area contributed by atoms with Crippen molar-refractivity contribution in [1.82, 2.24) is 9.80 Å². The van der Waals surface area contributed by atoms with Gasteiger partial charge in [0.15, 0.2) is 0 Å². The quantitative estimate of drug-likeness (QED) is 0.721. The second-order valence-electron chi connectivity index (χ2n) is 5.26. The van der Waals surface area contributed by atoms with Crippen LogP contribution >= 0.6 is 0 Å². The Hall–Kier alpha value is -0.610. The zero-order chi connectivity index (χ0) is 12.3. The first kappa shape index (κ1) is 13.5. The Bertz CT molecular complexity index is 248. The molecule has 1 saturated heterocycles. The maximum atomic E-state index is 12.3. The van der Waals surface area contributed by atoms with E-state index in [0.29, 0.717) is 6.61 Å². The minimum Gasteiger partial charge on any atom is -0.383 e. The van der Waals surface area contributed by atoms with Crippen LogP contribution in [0.15, 0.2) is 0 Å². The largest absolute Gasteiger partial charge is 0.383 e. The van der Waals surface area contributed by atoms with Gasteiger partial charge in [0.05, 0.1) is 6.61 Å². The minimum atomic E-state index is -0.108. The Morgan fingerprint density at radius 3 is 2.44 bits per heavy atom. The van der Waals surface area contributed by atoms with E-state index in [1.807, 2.05) is 4.90 Å². The second-order valence-corrected chi connectivity index (χ2v) is 5.26. The summed E-state index contributed by atoms with van der Waals surface area (Å²) >= 11 is 0. The van der Waals surface area contributed by atoms with Crippen LogP contribution in [-0.4, -0.2) is 60.6 Å². The van der Waals surface area contributed by atoms with Gasteiger partial charge in [-0.1, -0.05) is 6.92 Å². The number of carbonyl (C=O) groups excluding carboxylic acids is 1. The van der Waals surface area contributed by atoms with Gasteiger partial charge in [-0.15, -0.1) is 0 Å². The molecule has 4 heteroatoms. The maximum Gasteiger partial charge on any atom is 0.242 e. The van der Waals surface area contributed by atoms with E-state index in [1.54, 1.807) is 7.11 Å². The molecular weight excluding hydrogens is 204 g/mol. The molecular formula is C12H24N2O2. The van der Waals surface area contributed by atoms with Crippen LogP contribution in [0.2, 0.25) is 0 Å². The van der Waals surface area contributed by atoms with Gasteiger partial charge in [0.2, 0.25) is 5.91 Å². The number of nitrogens with zero attached hydrogens (tertiary/aromatic N) is 2. The molecule has 4 nitrogen and oxygen atoms in total. The van der Waals surface area contributed by atoms with E-state index < -0.39 is 0 Å². The molecule has 0 saturated carbocycles. The van der Waals surface area contributed by atoms with Crippen LogP contribution in [0.1, 0.15) is 27.7 Å². The molecule has 0 radical (unpaired) electrons. The molecule has 0 aromatic rings. The number of ether oxygens (including phenoxy) is 1. The molecule has 1 fully saturated rings. The van der Waals surface area contributed by atoms with Gasteiger partial charge in [0, 0.05) is 25.7 Å². The summed E-state index contributed by atoms with van der Waals surface area (Å²) in [5, 5.41) is 0. The predicted octanol–water partition coefficient (Wildman–Crippen LogP) is 0.964. The summed E-state index contributed by atoms with van der Waals surface area (Å²) in [7, 11) is 1.65. The fourth-order valence-electron chi connectivity index (χ4n) is 2.21. The van der Waals surface area contributed by atoms with Crippen LogP contribution in [0.5, 0.6) is 0 Å². The molecule has 0 bridgehead atoms. The third-order valence-electron chi connectivity index (χ3n) is 3.14. The average molecular weight is 228 g/mol. The Kier molecular flexibility index (Phi) is 4.33. The Morgan fingerprint density at radius 2 is 2.00 bits per heavy atom. The van der Waals surface area contributed by atoms with Gasteiger partial charge < -0.3 is 9.64 Å². The summed E-state index contributed by atoms with van der Waals surface area (Å²) in [6.07, 6.45) is 0. The third kappa shape index (κ3) is 2.74. The van der Waals surface area contributed by atoms with E-state index in [1.165, 1.54) is 0 Å². The number of carbonyl (C=O) groups is 1. The van der Waals surface area contributed by atoms with E-state index in [0.717, 1.165) is 19.6 Å². The van der Waals surface area contributed by atoms with Gasteiger partial charge in [-0.3, -0.25) is 9.69 Å². The van der Waals surface area contributed by atoms with Crippen LogP contribution in [0, 0.1) is 0 Å². The van der Waals surface area contributed by atoms with Crippen LogP contribution < -0.4 is 0 Å². The summed E-state index contributed by atoms with van der Waals surface area (Å²) in [6, 6.07) is -0.108. The van der Waals surface area contributed by atoms with Crippen molar-refractivity contribution in [2.24, 2.45) is 0 Å². The highest BCUT2D eigenvalue weighted by atomic mass is 16.5. The maximum absolute atomic E-state index is 12.3. The molecule has 1 amide bonds. The van der Waals surface area contributed by atoms with E-state index in [-0.39, 0.29) is 17.5 Å². The highest BCUT2D eigenvalue weighted by molar-refractivity contribution is 5.83. The van der Waals surface area contributed by atoms with E-state index in [9.17, 15) is 4.79 Å². The number of hydrogen-bond acceptors (Lipinski definition) is 3. The average Bonchev–Trinajstić information content (AvgIpc) is 2.19. The van der Waals surface area contributed by atoms with Crippen molar-refractivity contribution in [3.63, 3.8) is 0 Å². The van der Waals surface area contributed by atoms with Gasteiger partial charge in [0.1, 0.15) is 6.04 Å². The number of piperazine rings is 1. The molecule has 0 N–H and O–H groups in total. The lowest BCUT2D eigenvalue weighted by molar-refractivity contribution is -0.149. The number of methoxy groups -OCH3 is 1. The number of likely N-dealkylation sites (N-methyl/N-ethyl adjacent to an activating group) is 1. The first-order chi connectivity index (χ1) is 7.41. The number of amides is 1. The van der Waals surface area contributed by atoms with Crippen molar-refractivity contribution in [3.8, 4) is 0 Å². The van der Waals surface area contributed by atoms with E-state index in [2.05, 4.69) is 32.6 Å². The summed E-state index contributed by atoms with van der Waals surface area (Å²) in [4.78, 5) is 16.5. The van der Waals surface area contributed by atoms with Crippen molar-refractivity contribution in [3.05, 3.63) is 0 Å². The smallest absolute Gasteiger partial charge is 0.242 e. The predicted molar refractivity (Wildman–Crippen MR) is 64.4 cm³/mol. The minimum absolute atomic E-state index is 0.0943. The lowest BCUT2D eigenvalue weighted by Crippen LogP contribution is -2.62. The van der Waals surface area contributed by atoms with Crippen molar-refractivity contribution in [1.29, 1.82) is 0 Å². The number of rotatable bonds is 3. The van der Waals surface area contributed by atoms with Crippen molar-refractivity contribution >= 4 is 5.91 Å². The van der Waals surface area contributed by atoms with Crippen LogP contribution in [0.25, 0.3) is 0 Å². The zero-order valence-corrected chi connectivity index (χ0v) is 11.1. The van der Waals surface area contributed by atoms with Gasteiger partial charge >= 0.3 is 0 Å². The Labute approximate surface area is 98.5 Å². The van der Waals surface area contributed by atoms with Crippen molar-refractivity contribution in [2.45, 2.75) is 39.3 Å². The van der Waals surface area contributed by atoms with E-state index in [4.69, 9.17) is 4.74 Å². The topological polar surface area (TPSA) is 32.8 Å². The number of hydrogen-bond donors (Lipinski definition) is 0. The van der Waals surface area contributed by atoms with E-state index >= 15 is 0 Å². The summed E-state index contributed by atoms with van der Waals surface area (Å²) in [6.45, 7) is 11.5. The molecule has 16 heavy (non-hydrogen) atoms. The zero-order valence-electron chi connectivity index (χ0n) is 11.1. The molecule has 0 aromatic heterocycles. The van der Waals surface area contributed by atoms with Gasteiger partial charge in [-0.25, -0.2) is 0 Å². The molecule has 0 unspecified atom stereocenters. The fraction of sp³-hybridized carbons (Fsp3) is 0.917. The molecule has 1 rings (SSSR count). The molecule has 1 aliphatic rings. The van der Waals surface area contributed by atoms with Crippen LogP contribution in [0.3, 0.4) is 0 Å². The van der Waals surface area contributed by atoms with Crippen LogP contribution in [0.4, 0.5) is 0 Å². The normalized spacial score (nSPS) is 23.9. The molecule has 94 valence electrons. The fourth-order valence-corrected chi connectivity index (χ4v) is 2.21. The summed E-state index contributed by atoms with van der Waals surface area (Å²) in [5.74, 6) is 0.197. The lowest BCUT2D eigenvalue weighted by atomic mass is 10.0. The first-order valence-electron chi connectivity index (χ1n) is 5.96. The molecule has 1 aliphatic heterocycles. The van der Waals surface area contributed by atoms with Gasteiger partial charge in [0.25, 0.3) is 0 Å². The highest BCUT2D eigenvalue weighted by Crippen LogP contribution is 2.20. The Balaban J connectivity index is 2.80. The molecule has 1 heterocycles. The second kappa shape index (κ2) is 5.15. The highest BCUT2D eigenvalue weighted by Gasteiger charge is 2.38. The first-order valence-corrected chi connectivity index (χ1v) is 5.96. The molecule has 0 aliphatic carbocycles. The molecule has 1 atom stereocenters. The Morgan fingerprint density at radius 1 is 1.38 bits per heavy atom. The lowest BCUT2D eigenvalue weighted by Gasteiger charge is -2.45. The SMILES string of the molecule is CCN1CCN(C(C)(C)C)C(=O)[C@@H]1COC. The van der Waals surface area contributed by atoms with Gasteiger partial charge in [-0.2, -0.15) is 0 Å². The van der Waals surface area contributed by atoms with Crippen LogP contribution in [-0.2, 0) is 9.53 Å². The summed E-state index contributed by atoms with van der Waals surface area (Å²) in [5.41, 5.74) is -0.0943. The molecule has 0 spiro atoms. The standard InChI is InChI=1S/C12H24N2O2/c1-6-13-7-8-14(12(2,3)4)11(15)10(13)9-16-5/h10H,6-9H2,1-5H3/t10-/m0/s1. The van der Waals surface area contributed by atoms with Crippen molar-refractivity contribution in [2.75, 3.05) is 33.4 Å². The van der Waals surface area contributed by atoms with Gasteiger partial charge in [-0.05, 0) is 27.3 Å². The van der Waals surface area contributed by atoms with Crippen molar-refractivity contribution < 1.29 is 9.53 Å². The summed E-state index contributed by atoms with van der Waals surface area (Å²) < 4.78 is 5.16.